The van der Waals surface area contributed by atoms with Crippen molar-refractivity contribution in [1.29, 1.82) is 5.26 Å². The van der Waals surface area contributed by atoms with E-state index in [0.29, 0.717) is 11.3 Å². The monoisotopic (exact) mass is 479 g/mol. The zero-order chi connectivity index (χ0) is 25.4. The van der Waals surface area contributed by atoms with Gasteiger partial charge in [-0.15, -0.1) is 0 Å². The summed E-state index contributed by atoms with van der Waals surface area (Å²) in [5.41, 5.74) is 6.44. The molecule has 2 aromatic rings. The molecule has 35 heavy (non-hydrogen) atoms. The van der Waals surface area contributed by atoms with Crippen molar-refractivity contribution in [2.75, 3.05) is 0 Å². The number of aromatic nitrogens is 1. The van der Waals surface area contributed by atoms with E-state index in [-0.39, 0.29) is 12.8 Å². The second kappa shape index (κ2) is 9.21. The van der Waals surface area contributed by atoms with E-state index < -0.39 is 53.5 Å². The maximum Gasteiger partial charge on any atom is 0.313 e. The molecule has 0 unspecified atom stereocenters. The van der Waals surface area contributed by atoms with E-state index in [4.69, 9.17) is 10.5 Å². The minimum Gasteiger partial charge on any atom is -0.462 e. The smallest absolute Gasteiger partial charge is 0.313 e. The number of benzene rings is 1. The molecule has 5 atom stereocenters. The number of hydrogen-bond donors (Lipinski definition) is 1. The second-order valence-corrected chi connectivity index (χ2v) is 9.55. The van der Waals surface area contributed by atoms with Gasteiger partial charge in [-0.3, -0.25) is 14.6 Å². The van der Waals surface area contributed by atoms with E-state index in [1.165, 1.54) is 6.92 Å². The van der Waals surface area contributed by atoms with Gasteiger partial charge in [0.1, 0.15) is 6.10 Å². The summed E-state index contributed by atoms with van der Waals surface area (Å²) in [6.45, 7) is 3.20. The molecule has 0 radical (unpaired) electrons. The minimum absolute atomic E-state index is 0.0614. The van der Waals surface area contributed by atoms with Crippen LogP contribution in [0.2, 0.25) is 0 Å². The van der Waals surface area contributed by atoms with Crippen LogP contribution >= 0.6 is 0 Å². The number of fused-ring (bicyclic) bond motifs is 1. The zero-order valence-corrected chi connectivity index (χ0v) is 19.6. The number of pyridine rings is 1. The number of rotatable bonds is 6. The Labute approximate surface area is 202 Å². The number of halogens is 2. The molecule has 1 aliphatic heterocycles. The molecule has 1 saturated heterocycles. The normalized spacial score (nSPS) is 29.4. The third-order valence-corrected chi connectivity index (χ3v) is 7.50. The van der Waals surface area contributed by atoms with Crippen LogP contribution in [0.4, 0.5) is 8.78 Å². The molecular weight excluding hydrogens is 452 g/mol. The van der Waals surface area contributed by atoms with Crippen LogP contribution in [0.5, 0.6) is 0 Å². The first-order chi connectivity index (χ1) is 16.6. The Bertz CT molecular complexity index is 1200. The third kappa shape index (κ3) is 4.43. The van der Waals surface area contributed by atoms with Crippen LogP contribution in [-0.4, -0.2) is 28.9 Å². The lowest BCUT2D eigenvalue weighted by molar-refractivity contribution is -0.172. The summed E-state index contributed by atoms with van der Waals surface area (Å²) in [5.74, 6) is -6.66. The number of allylic oxidation sites excluding steroid dienone is 1. The summed E-state index contributed by atoms with van der Waals surface area (Å²) in [5, 5.41) is 9.33. The number of nitrogens with zero attached hydrogens (tertiary/aromatic N) is 2. The molecule has 0 spiro atoms. The lowest BCUT2D eigenvalue weighted by Gasteiger charge is -2.47. The van der Waals surface area contributed by atoms with Crippen LogP contribution in [0, 0.1) is 34.5 Å². The molecule has 1 aliphatic carbocycles. The molecule has 4 rings (SSSR count). The SMILES string of the molecule is C[C@H]1OC(=O)[C@]2(CCC(N)=O)CC(F)(F)[C@@H](C)[C@H](C=Cc3ccc(-c4ccccc4C#N)cn3)[C@H]12. The van der Waals surface area contributed by atoms with E-state index in [2.05, 4.69) is 11.1 Å². The summed E-state index contributed by atoms with van der Waals surface area (Å²) >= 11 is 0. The molecule has 2 N–H and O–H groups in total. The average Bonchev–Trinajstić information content (AvgIpc) is 3.07. The third-order valence-electron chi connectivity index (χ3n) is 7.50. The quantitative estimate of drug-likeness (QED) is 0.603. The highest BCUT2D eigenvalue weighted by atomic mass is 19.3. The molecule has 6 nitrogen and oxygen atoms in total. The molecule has 2 heterocycles. The van der Waals surface area contributed by atoms with Gasteiger partial charge in [-0.05, 0) is 37.5 Å². The highest BCUT2D eigenvalue weighted by molar-refractivity contribution is 5.82. The fraction of sp³-hybridized carbons (Fsp3) is 0.407. The van der Waals surface area contributed by atoms with Gasteiger partial charge in [0, 0.05) is 42.0 Å². The van der Waals surface area contributed by atoms with Crippen LogP contribution in [0.3, 0.4) is 0 Å². The first kappa shape index (κ1) is 24.5. The van der Waals surface area contributed by atoms with Crippen molar-refractivity contribution in [2.45, 2.75) is 45.1 Å². The molecule has 1 aromatic heterocycles. The fourth-order valence-electron chi connectivity index (χ4n) is 5.69. The largest absolute Gasteiger partial charge is 0.462 e. The average molecular weight is 480 g/mol. The highest BCUT2D eigenvalue weighted by Gasteiger charge is 2.67. The van der Waals surface area contributed by atoms with Crippen molar-refractivity contribution in [1.82, 2.24) is 4.98 Å². The van der Waals surface area contributed by atoms with Gasteiger partial charge in [0.05, 0.1) is 22.7 Å². The molecule has 2 aliphatic rings. The first-order valence-electron chi connectivity index (χ1n) is 11.6. The Kier molecular flexibility index (Phi) is 6.46. The van der Waals surface area contributed by atoms with Gasteiger partial charge in [0.25, 0.3) is 5.92 Å². The van der Waals surface area contributed by atoms with Crippen molar-refractivity contribution >= 4 is 18.0 Å². The van der Waals surface area contributed by atoms with Gasteiger partial charge in [-0.2, -0.15) is 5.26 Å². The Balaban J connectivity index is 1.65. The van der Waals surface area contributed by atoms with Crippen molar-refractivity contribution in [2.24, 2.45) is 28.9 Å². The van der Waals surface area contributed by atoms with Gasteiger partial charge >= 0.3 is 5.97 Å². The summed E-state index contributed by atoms with van der Waals surface area (Å²) in [6.07, 6.45) is 3.55. The number of hydrogen-bond acceptors (Lipinski definition) is 5. The van der Waals surface area contributed by atoms with Gasteiger partial charge in [0.15, 0.2) is 0 Å². The predicted octanol–water partition coefficient (Wildman–Crippen LogP) is 4.74. The Morgan fingerprint density at radius 3 is 2.69 bits per heavy atom. The first-order valence-corrected chi connectivity index (χ1v) is 11.6. The number of nitriles is 1. The summed E-state index contributed by atoms with van der Waals surface area (Å²) < 4.78 is 35.8. The molecule has 8 heteroatoms. The summed E-state index contributed by atoms with van der Waals surface area (Å²) in [4.78, 5) is 28.7. The lowest BCUT2D eigenvalue weighted by Crippen LogP contribution is -2.53. The molecule has 2 fully saturated rings. The van der Waals surface area contributed by atoms with E-state index in [1.807, 2.05) is 18.2 Å². The maximum absolute atomic E-state index is 15.2. The Morgan fingerprint density at radius 2 is 2.03 bits per heavy atom. The van der Waals surface area contributed by atoms with Crippen LogP contribution in [-0.2, 0) is 14.3 Å². The van der Waals surface area contributed by atoms with Gasteiger partial charge in [0.2, 0.25) is 5.91 Å². The van der Waals surface area contributed by atoms with E-state index >= 15 is 8.78 Å². The maximum atomic E-state index is 15.2. The van der Waals surface area contributed by atoms with Crippen molar-refractivity contribution in [3.8, 4) is 17.2 Å². The Morgan fingerprint density at radius 1 is 1.29 bits per heavy atom. The number of carbonyl (C=O) groups excluding carboxylic acids is 2. The topological polar surface area (TPSA) is 106 Å². The highest BCUT2D eigenvalue weighted by Crippen LogP contribution is 2.61. The molecule has 1 amide bonds. The number of cyclic esters (lactones) is 1. The molecular formula is C27H27F2N3O3. The molecule has 1 saturated carbocycles. The van der Waals surface area contributed by atoms with Crippen LogP contribution in [0.1, 0.15) is 44.4 Å². The van der Waals surface area contributed by atoms with Crippen molar-refractivity contribution in [3.05, 3.63) is 59.9 Å². The van der Waals surface area contributed by atoms with Gasteiger partial charge < -0.3 is 10.5 Å². The Hall–Kier alpha value is -3.60. The predicted molar refractivity (Wildman–Crippen MR) is 126 cm³/mol. The molecule has 1 aromatic carbocycles. The van der Waals surface area contributed by atoms with E-state index in [1.54, 1.807) is 43.5 Å². The molecule has 182 valence electrons. The molecule has 0 bridgehead atoms. The number of carbonyl (C=O) groups is 2. The van der Waals surface area contributed by atoms with E-state index in [9.17, 15) is 14.9 Å². The number of esters is 1. The number of alkyl halides is 2. The number of amides is 1. The van der Waals surface area contributed by atoms with Gasteiger partial charge in [-0.1, -0.05) is 37.3 Å². The second-order valence-electron chi connectivity index (χ2n) is 9.55. The lowest BCUT2D eigenvalue weighted by atomic mass is 9.55. The van der Waals surface area contributed by atoms with Crippen LogP contribution in [0.15, 0.2) is 48.7 Å². The van der Waals surface area contributed by atoms with E-state index in [0.717, 1.165) is 11.1 Å². The zero-order valence-electron chi connectivity index (χ0n) is 19.6. The number of ether oxygens (including phenoxy) is 1. The number of primary amides is 1. The van der Waals surface area contributed by atoms with Gasteiger partial charge in [-0.25, -0.2) is 8.78 Å². The number of nitrogens with two attached hydrogens (primary N) is 1. The van der Waals surface area contributed by atoms with Crippen molar-refractivity contribution < 1.29 is 23.1 Å². The minimum atomic E-state index is -3.12. The van der Waals surface area contributed by atoms with Crippen LogP contribution < -0.4 is 5.73 Å². The summed E-state index contributed by atoms with van der Waals surface area (Å²) in [6, 6.07) is 12.9. The fourth-order valence-corrected chi connectivity index (χ4v) is 5.69. The standard InChI is InChI=1S/C27H27F2N3O3/c1-16-21(10-9-20-8-7-19(14-32-20)22-6-4-3-5-18(22)13-30)24-17(2)35-25(34)26(24,12-11-23(31)33)15-27(16,28)29/h3-10,14,16-17,21,24H,11-12,15H2,1-2H3,(H2,31,33)/t16-,17+,21-,24-,26+/m0/s1. The summed E-state index contributed by atoms with van der Waals surface area (Å²) in [7, 11) is 0. The van der Waals surface area contributed by atoms with Crippen molar-refractivity contribution in [3.63, 3.8) is 0 Å². The van der Waals surface area contributed by atoms with Crippen LogP contribution in [0.25, 0.3) is 17.2 Å².